The van der Waals surface area contributed by atoms with Crippen LogP contribution in [0.1, 0.15) is 17.0 Å². The number of nitrogens with zero attached hydrogens (tertiary/aromatic N) is 2. The number of imidazole rings is 1. The van der Waals surface area contributed by atoms with Crippen molar-refractivity contribution in [2.45, 2.75) is 19.8 Å². The SMILES string of the molecule is Cc1ccc(CCc2nc3cc(Br)ccc3n2C)cc1. The van der Waals surface area contributed by atoms with Gasteiger partial charge in [0.2, 0.25) is 0 Å². The van der Waals surface area contributed by atoms with E-state index < -0.39 is 0 Å². The van der Waals surface area contributed by atoms with Crippen LogP contribution in [0.2, 0.25) is 0 Å². The Hall–Kier alpha value is -1.61. The third-order valence-electron chi connectivity index (χ3n) is 3.69. The average molecular weight is 329 g/mol. The van der Waals surface area contributed by atoms with Crippen LogP contribution < -0.4 is 0 Å². The molecule has 0 unspecified atom stereocenters. The van der Waals surface area contributed by atoms with Gasteiger partial charge in [0.15, 0.2) is 0 Å². The molecule has 3 heteroatoms. The third-order valence-corrected chi connectivity index (χ3v) is 4.19. The first-order chi connectivity index (χ1) is 9.63. The zero-order chi connectivity index (χ0) is 14.1. The van der Waals surface area contributed by atoms with Crippen molar-refractivity contribution in [3.05, 3.63) is 63.9 Å². The molecule has 3 aromatic rings. The van der Waals surface area contributed by atoms with Crippen LogP contribution in [0.5, 0.6) is 0 Å². The lowest BCUT2D eigenvalue weighted by molar-refractivity contribution is 0.787. The fourth-order valence-corrected chi connectivity index (χ4v) is 2.81. The quantitative estimate of drug-likeness (QED) is 0.695. The summed E-state index contributed by atoms with van der Waals surface area (Å²) in [7, 11) is 2.09. The molecule has 0 spiro atoms. The molecule has 1 heterocycles. The molecule has 0 aliphatic carbocycles. The summed E-state index contributed by atoms with van der Waals surface area (Å²) in [5.74, 6) is 1.14. The summed E-state index contributed by atoms with van der Waals surface area (Å²) in [5.41, 5.74) is 4.91. The highest BCUT2D eigenvalue weighted by Gasteiger charge is 2.08. The first kappa shape index (κ1) is 13.4. The molecule has 2 aromatic carbocycles. The molecular formula is C17H17BrN2. The summed E-state index contributed by atoms with van der Waals surface area (Å²) in [5, 5.41) is 0. The van der Waals surface area contributed by atoms with Gasteiger partial charge in [-0.1, -0.05) is 45.8 Å². The second kappa shape index (κ2) is 5.41. The number of hydrogen-bond donors (Lipinski definition) is 0. The van der Waals surface area contributed by atoms with Crippen molar-refractivity contribution in [1.82, 2.24) is 9.55 Å². The van der Waals surface area contributed by atoms with E-state index in [0.717, 1.165) is 28.7 Å². The van der Waals surface area contributed by atoms with Crippen molar-refractivity contribution in [3.63, 3.8) is 0 Å². The first-order valence-corrected chi connectivity index (χ1v) is 7.59. The van der Waals surface area contributed by atoms with E-state index in [9.17, 15) is 0 Å². The highest BCUT2D eigenvalue weighted by atomic mass is 79.9. The minimum Gasteiger partial charge on any atom is -0.331 e. The minimum atomic E-state index is 0.964. The number of aryl methyl sites for hydroxylation is 4. The molecule has 1 aromatic heterocycles. The van der Waals surface area contributed by atoms with Crippen molar-refractivity contribution < 1.29 is 0 Å². The smallest absolute Gasteiger partial charge is 0.109 e. The van der Waals surface area contributed by atoms with E-state index in [1.165, 1.54) is 16.6 Å². The number of benzene rings is 2. The maximum atomic E-state index is 4.74. The van der Waals surface area contributed by atoms with Gasteiger partial charge < -0.3 is 4.57 Å². The fraction of sp³-hybridized carbons (Fsp3) is 0.235. The summed E-state index contributed by atoms with van der Waals surface area (Å²) in [6.45, 7) is 2.12. The Morgan fingerprint density at radius 1 is 1.05 bits per heavy atom. The van der Waals surface area contributed by atoms with Crippen LogP contribution in [0.3, 0.4) is 0 Å². The number of aromatic nitrogens is 2. The molecule has 102 valence electrons. The first-order valence-electron chi connectivity index (χ1n) is 6.80. The summed E-state index contributed by atoms with van der Waals surface area (Å²) >= 11 is 3.50. The maximum absolute atomic E-state index is 4.74. The molecule has 0 bridgehead atoms. The average Bonchev–Trinajstić information content (AvgIpc) is 2.74. The topological polar surface area (TPSA) is 17.8 Å². The van der Waals surface area contributed by atoms with E-state index in [0.29, 0.717) is 0 Å². The highest BCUT2D eigenvalue weighted by Crippen LogP contribution is 2.20. The molecule has 0 N–H and O–H groups in total. The Morgan fingerprint density at radius 3 is 2.55 bits per heavy atom. The Labute approximate surface area is 127 Å². The lowest BCUT2D eigenvalue weighted by atomic mass is 10.1. The molecule has 0 fully saturated rings. The summed E-state index contributed by atoms with van der Waals surface area (Å²) in [6, 6.07) is 15.0. The van der Waals surface area contributed by atoms with Gasteiger partial charge in [0.25, 0.3) is 0 Å². The van der Waals surface area contributed by atoms with Gasteiger partial charge in [0.1, 0.15) is 5.82 Å². The monoisotopic (exact) mass is 328 g/mol. The second-order valence-corrected chi connectivity index (χ2v) is 6.12. The van der Waals surface area contributed by atoms with Gasteiger partial charge in [0.05, 0.1) is 11.0 Å². The summed E-state index contributed by atoms with van der Waals surface area (Å²) in [4.78, 5) is 4.74. The van der Waals surface area contributed by atoms with E-state index >= 15 is 0 Å². The molecule has 0 aliphatic heterocycles. The van der Waals surface area contributed by atoms with Crippen molar-refractivity contribution in [1.29, 1.82) is 0 Å². The Kier molecular flexibility index (Phi) is 3.62. The van der Waals surface area contributed by atoms with Gasteiger partial charge in [-0.05, 0) is 37.1 Å². The number of fused-ring (bicyclic) bond motifs is 1. The van der Waals surface area contributed by atoms with E-state index in [1.807, 2.05) is 0 Å². The van der Waals surface area contributed by atoms with Crippen molar-refractivity contribution in [2.24, 2.45) is 7.05 Å². The molecule has 3 rings (SSSR count). The molecule has 20 heavy (non-hydrogen) atoms. The molecule has 0 atom stereocenters. The van der Waals surface area contributed by atoms with E-state index in [-0.39, 0.29) is 0 Å². The largest absolute Gasteiger partial charge is 0.331 e. The molecule has 2 nitrogen and oxygen atoms in total. The second-order valence-electron chi connectivity index (χ2n) is 5.21. The molecule has 0 aliphatic rings. The third kappa shape index (κ3) is 2.63. The van der Waals surface area contributed by atoms with Crippen LogP contribution >= 0.6 is 15.9 Å². The molecule has 0 amide bonds. The van der Waals surface area contributed by atoms with Gasteiger partial charge in [-0.25, -0.2) is 4.98 Å². The van der Waals surface area contributed by atoms with Crippen LogP contribution in [0.25, 0.3) is 11.0 Å². The van der Waals surface area contributed by atoms with Crippen LogP contribution in [0.15, 0.2) is 46.9 Å². The van der Waals surface area contributed by atoms with Crippen LogP contribution in [-0.4, -0.2) is 9.55 Å². The van der Waals surface area contributed by atoms with Crippen molar-refractivity contribution in [2.75, 3.05) is 0 Å². The predicted molar refractivity (Wildman–Crippen MR) is 87.0 cm³/mol. The van der Waals surface area contributed by atoms with Crippen LogP contribution in [0, 0.1) is 6.92 Å². The van der Waals surface area contributed by atoms with Crippen molar-refractivity contribution >= 4 is 27.0 Å². The van der Waals surface area contributed by atoms with E-state index in [1.54, 1.807) is 0 Å². The Balaban J connectivity index is 1.84. The summed E-state index contributed by atoms with van der Waals surface area (Å²) < 4.78 is 3.27. The number of hydrogen-bond acceptors (Lipinski definition) is 1. The Morgan fingerprint density at radius 2 is 1.80 bits per heavy atom. The standard InChI is InChI=1S/C17H17BrN2/c1-12-3-5-13(6-4-12)7-10-17-19-15-11-14(18)8-9-16(15)20(17)2/h3-6,8-9,11H,7,10H2,1-2H3. The lowest BCUT2D eigenvalue weighted by Crippen LogP contribution is -2.00. The van der Waals surface area contributed by atoms with Crippen molar-refractivity contribution in [3.8, 4) is 0 Å². The number of rotatable bonds is 3. The van der Waals surface area contributed by atoms with E-state index in [4.69, 9.17) is 4.98 Å². The molecule has 0 radical (unpaired) electrons. The minimum absolute atomic E-state index is 0.964. The van der Waals surface area contributed by atoms with Gasteiger partial charge in [0, 0.05) is 17.9 Å². The van der Waals surface area contributed by atoms with Crippen LogP contribution in [-0.2, 0) is 19.9 Å². The number of halogens is 1. The van der Waals surface area contributed by atoms with Gasteiger partial charge in [-0.3, -0.25) is 0 Å². The Bertz CT molecular complexity index is 742. The van der Waals surface area contributed by atoms with Crippen LogP contribution in [0.4, 0.5) is 0 Å². The summed E-state index contributed by atoms with van der Waals surface area (Å²) in [6.07, 6.45) is 1.99. The van der Waals surface area contributed by atoms with Gasteiger partial charge in [-0.2, -0.15) is 0 Å². The van der Waals surface area contributed by atoms with Gasteiger partial charge >= 0.3 is 0 Å². The lowest BCUT2D eigenvalue weighted by Gasteiger charge is -2.03. The zero-order valence-corrected chi connectivity index (χ0v) is 13.3. The zero-order valence-electron chi connectivity index (χ0n) is 11.7. The molecule has 0 saturated heterocycles. The molecular weight excluding hydrogens is 312 g/mol. The maximum Gasteiger partial charge on any atom is 0.109 e. The van der Waals surface area contributed by atoms with E-state index in [2.05, 4.69) is 76.9 Å². The van der Waals surface area contributed by atoms with Gasteiger partial charge in [-0.15, -0.1) is 0 Å². The predicted octanol–water partition coefficient (Wildman–Crippen LogP) is 4.43. The molecule has 0 saturated carbocycles. The highest BCUT2D eigenvalue weighted by molar-refractivity contribution is 9.10. The normalized spacial score (nSPS) is 11.2. The fourth-order valence-electron chi connectivity index (χ4n) is 2.46.